The second-order valence-corrected chi connectivity index (χ2v) is 5.48. The van der Waals surface area contributed by atoms with Crippen molar-refractivity contribution >= 4 is 5.78 Å². The predicted octanol–water partition coefficient (Wildman–Crippen LogP) is 2.26. The number of carbonyl (C=O) groups excluding carboxylic acids is 1. The van der Waals surface area contributed by atoms with E-state index in [0.717, 1.165) is 23.4 Å². The Labute approximate surface area is 101 Å². The van der Waals surface area contributed by atoms with Crippen LogP contribution in [0.5, 0.6) is 0 Å². The first-order chi connectivity index (χ1) is 7.94. The minimum absolute atomic E-state index is 0.00490. The zero-order valence-corrected chi connectivity index (χ0v) is 10.6. The molecule has 0 N–H and O–H groups in total. The number of aromatic nitrogens is 2. The molecule has 2 rings (SSSR count). The van der Waals surface area contributed by atoms with Crippen molar-refractivity contribution in [2.75, 3.05) is 0 Å². The summed E-state index contributed by atoms with van der Waals surface area (Å²) in [7, 11) is 0. The maximum absolute atomic E-state index is 12.1. The molecule has 0 spiro atoms. The summed E-state index contributed by atoms with van der Waals surface area (Å²) in [5.74, 6) is 0.192. The second kappa shape index (κ2) is 3.99. The predicted molar refractivity (Wildman–Crippen MR) is 63.6 cm³/mol. The number of carbonyl (C=O) groups is 1. The minimum atomic E-state index is 0.00490. The molecule has 0 fully saturated rings. The Balaban J connectivity index is 2.39. The van der Waals surface area contributed by atoms with E-state index >= 15 is 0 Å². The highest BCUT2D eigenvalue weighted by atomic mass is 16.1. The third-order valence-electron chi connectivity index (χ3n) is 3.28. The summed E-state index contributed by atoms with van der Waals surface area (Å²) in [6, 6.07) is 2.11. The van der Waals surface area contributed by atoms with Gasteiger partial charge < -0.3 is 0 Å². The number of hydrogen-bond acceptors (Lipinski definition) is 3. The van der Waals surface area contributed by atoms with Crippen molar-refractivity contribution in [1.82, 2.24) is 9.78 Å². The molecule has 0 bridgehead atoms. The highest BCUT2D eigenvalue weighted by Gasteiger charge is 2.34. The van der Waals surface area contributed by atoms with Gasteiger partial charge in [-0.1, -0.05) is 13.8 Å². The van der Waals surface area contributed by atoms with Gasteiger partial charge in [0.05, 0.1) is 30.3 Å². The van der Waals surface area contributed by atoms with E-state index in [4.69, 9.17) is 5.26 Å². The van der Waals surface area contributed by atoms with E-state index in [2.05, 4.69) is 25.0 Å². The Morgan fingerprint density at radius 1 is 1.47 bits per heavy atom. The molecule has 90 valence electrons. The Kier molecular flexibility index (Phi) is 2.78. The monoisotopic (exact) mass is 231 g/mol. The van der Waals surface area contributed by atoms with Crippen molar-refractivity contribution in [3.8, 4) is 6.07 Å². The number of aryl methyl sites for hydroxylation is 1. The largest absolute Gasteiger partial charge is 0.294 e. The van der Waals surface area contributed by atoms with Gasteiger partial charge in [-0.3, -0.25) is 9.48 Å². The number of hydrogen-bond donors (Lipinski definition) is 0. The van der Waals surface area contributed by atoms with Gasteiger partial charge in [0, 0.05) is 12.1 Å². The van der Waals surface area contributed by atoms with Crippen molar-refractivity contribution in [2.24, 2.45) is 5.41 Å². The van der Waals surface area contributed by atoms with Crippen molar-refractivity contribution in [3.63, 3.8) is 0 Å². The van der Waals surface area contributed by atoms with E-state index in [9.17, 15) is 4.79 Å². The average Bonchev–Trinajstić information content (AvgIpc) is 2.50. The molecular weight excluding hydrogens is 214 g/mol. The van der Waals surface area contributed by atoms with Crippen LogP contribution in [-0.4, -0.2) is 15.6 Å². The topological polar surface area (TPSA) is 58.7 Å². The molecule has 0 atom stereocenters. The molecule has 0 saturated heterocycles. The van der Waals surface area contributed by atoms with E-state index in [1.807, 2.05) is 6.92 Å². The summed E-state index contributed by atoms with van der Waals surface area (Å²) in [4.78, 5) is 12.1. The fraction of sp³-hybridized carbons (Fsp3) is 0.615. The van der Waals surface area contributed by atoms with Crippen LogP contribution in [0.3, 0.4) is 0 Å². The fourth-order valence-electron chi connectivity index (χ4n) is 2.51. The smallest absolute Gasteiger partial charge is 0.167 e. The molecule has 0 aromatic carbocycles. The maximum Gasteiger partial charge on any atom is 0.167 e. The fourth-order valence-corrected chi connectivity index (χ4v) is 2.51. The van der Waals surface area contributed by atoms with E-state index in [0.29, 0.717) is 19.4 Å². The van der Waals surface area contributed by atoms with Gasteiger partial charge in [0.1, 0.15) is 0 Å². The average molecular weight is 231 g/mol. The van der Waals surface area contributed by atoms with Crippen LogP contribution in [0.4, 0.5) is 0 Å². The normalized spacial score (nSPS) is 17.6. The van der Waals surface area contributed by atoms with Crippen LogP contribution in [-0.2, 0) is 13.0 Å². The van der Waals surface area contributed by atoms with Crippen LogP contribution in [0.1, 0.15) is 48.4 Å². The van der Waals surface area contributed by atoms with E-state index in [1.54, 1.807) is 4.68 Å². The number of fused-ring (bicyclic) bond motifs is 1. The van der Waals surface area contributed by atoms with Crippen LogP contribution >= 0.6 is 0 Å². The summed E-state index contributed by atoms with van der Waals surface area (Å²) < 4.78 is 1.80. The van der Waals surface area contributed by atoms with Crippen molar-refractivity contribution in [2.45, 2.75) is 46.6 Å². The first-order valence-corrected chi connectivity index (χ1v) is 5.91. The van der Waals surface area contributed by atoms with Crippen molar-refractivity contribution in [3.05, 3.63) is 17.0 Å². The molecule has 1 aliphatic carbocycles. The molecule has 1 heterocycles. The Morgan fingerprint density at radius 3 is 2.82 bits per heavy atom. The zero-order chi connectivity index (χ0) is 12.6. The third kappa shape index (κ3) is 2.10. The number of ketones is 1. The molecule has 0 amide bonds. The molecular formula is C13H17N3O. The summed E-state index contributed by atoms with van der Waals surface area (Å²) >= 11 is 0. The molecule has 1 aromatic heterocycles. The maximum atomic E-state index is 12.1. The van der Waals surface area contributed by atoms with E-state index < -0.39 is 0 Å². The standard InChI is InChI=1S/C13H17N3O/c1-9-12-10(15-16(9)6-4-5-14)7-13(2,3)8-11(12)17/h4,6-8H2,1-3H3. The highest BCUT2D eigenvalue weighted by molar-refractivity contribution is 5.99. The SMILES string of the molecule is Cc1c2c(nn1CCC#N)CC(C)(C)CC2=O. The molecule has 4 nitrogen and oxygen atoms in total. The molecule has 0 aliphatic heterocycles. The van der Waals surface area contributed by atoms with Gasteiger partial charge >= 0.3 is 0 Å². The first-order valence-electron chi connectivity index (χ1n) is 5.91. The van der Waals surface area contributed by atoms with Crippen LogP contribution in [0, 0.1) is 23.7 Å². The first kappa shape index (κ1) is 11.8. The van der Waals surface area contributed by atoms with Gasteiger partial charge in [-0.05, 0) is 18.8 Å². The Bertz CT molecular complexity index is 505. The van der Waals surface area contributed by atoms with Crippen LogP contribution in [0.25, 0.3) is 0 Å². The van der Waals surface area contributed by atoms with E-state index in [1.165, 1.54) is 0 Å². The highest BCUT2D eigenvalue weighted by Crippen LogP contribution is 2.35. The van der Waals surface area contributed by atoms with Crippen LogP contribution < -0.4 is 0 Å². The number of nitrogens with zero attached hydrogens (tertiary/aromatic N) is 3. The van der Waals surface area contributed by atoms with Crippen LogP contribution in [0.2, 0.25) is 0 Å². The minimum Gasteiger partial charge on any atom is -0.294 e. The Morgan fingerprint density at radius 2 is 2.18 bits per heavy atom. The molecule has 0 unspecified atom stereocenters. The molecule has 0 saturated carbocycles. The molecule has 4 heteroatoms. The lowest BCUT2D eigenvalue weighted by Gasteiger charge is -2.27. The van der Waals surface area contributed by atoms with Gasteiger partial charge in [-0.25, -0.2) is 0 Å². The Hall–Kier alpha value is -1.63. The summed E-state index contributed by atoms with van der Waals surface area (Å²) in [5, 5.41) is 13.1. The zero-order valence-electron chi connectivity index (χ0n) is 10.6. The lowest BCUT2D eigenvalue weighted by Crippen LogP contribution is -2.26. The molecule has 1 aromatic rings. The third-order valence-corrected chi connectivity index (χ3v) is 3.28. The lowest BCUT2D eigenvalue weighted by molar-refractivity contribution is 0.0911. The molecule has 0 radical (unpaired) electrons. The van der Waals surface area contributed by atoms with Gasteiger partial charge in [-0.15, -0.1) is 0 Å². The molecule has 17 heavy (non-hydrogen) atoms. The van der Waals surface area contributed by atoms with Gasteiger partial charge in [0.15, 0.2) is 5.78 Å². The number of rotatable bonds is 2. The van der Waals surface area contributed by atoms with Crippen molar-refractivity contribution in [1.29, 1.82) is 5.26 Å². The quantitative estimate of drug-likeness (QED) is 0.784. The number of Topliss-reactive ketones (excluding diaryl/α,β-unsaturated/α-hetero) is 1. The summed E-state index contributed by atoms with van der Waals surface area (Å²) in [6.45, 7) is 6.68. The van der Waals surface area contributed by atoms with Gasteiger partial charge in [0.25, 0.3) is 0 Å². The lowest BCUT2D eigenvalue weighted by atomic mass is 9.76. The summed E-state index contributed by atoms with van der Waals surface area (Å²) in [6.07, 6.45) is 1.86. The van der Waals surface area contributed by atoms with Crippen molar-refractivity contribution < 1.29 is 4.79 Å². The summed E-state index contributed by atoms with van der Waals surface area (Å²) in [5.41, 5.74) is 2.62. The number of nitriles is 1. The van der Waals surface area contributed by atoms with E-state index in [-0.39, 0.29) is 11.2 Å². The van der Waals surface area contributed by atoms with Crippen LogP contribution in [0.15, 0.2) is 0 Å². The van der Waals surface area contributed by atoms with Gasteiger partial charge in [-0.2, -0.15) is 10.4 Å². The van der Waals surface area contributed by atoms with Gasteiger partial charge in [0.2, 0.25) is 0 Å². The molecule has 1 aliphatic rings. The second-order valence-electron chi connectivity index (χ2n) is 5.48.